The summed E-state index contributed by atoms with van der Waals surface area (Å²) in [5.74, 6) is 0.665. The summed E-state index contributed by atoms with van der Waals surface area (Å²) in [6, 6.07) is 8.13. The average molecular weight is 287 g/mol. The number of nitrogens with one attached hydrogen (secondary N) is 1. The van der Waals surface area contributed by atoms with Crippen LogP contribution in [0, 0.1) is 17.0 Å². The second kappa shape index (κ2) is 6.00. The molecule has 0 radical (unpaired) electrons. The molecule has 0 spiro atoms. The number of hydrogen-bond acceptors (Lipinski definition) is 5. The van der Waals surface area contributed by atoms with Crippen molar-refractivity contribution in [2.75, 3.05) is 5.32 Å². The number of nitro groups is 1. The number of anilines is 1. The number of hydrogen-bond donors (Lipinski definition) is 1. The predicted molar refractivity (Wildman–Crippen MR) is 76.4 cm³/mol. The minimum atomic E-state index is -0.508. The summed E-state index contributed by atoms with van der Waals surface area (Å²) in [5.41, 5.74) is 1.14. The number of aromatic nitrogens is 1. The Kier molecular flexibility index (Phi) is 4.13. The van der Waals surface area contributed by atoms with Crippen molar-refractivity contribution in [3.8, 4) is 11.6 Å². The molecule has 7 heteroatoms. The molecule has 21 heavy (non-hydrogen) atoms. The van der Waals surface area contributed by atoms with Crippen molar-refractivity contribution in [1.82, 2.24) is 4.98 Å². The first-order valence-corrected chi connectivity index (χ1v) is 6.12. The zero-order chi connectivity index (χ0) is 15.4. The molecular formula is C14H13N3O4. The molecule has 0 atom stereocenters. The third kappa shape index (κ3) is 3.75. The van der Waals surface area contributed by atoms with Gasteiger partial charge in [0.1, 0.15) is 11.9 Å². The molecule has 0 saturated carbocycles. The van der Waals surface area contributed by atoms with E-state index in [4.69, 9.17) is 4.74 Å². The maximum absolute atomic E-state index is 10.9. The Labute approximate surface area is 120 Å². The van der Waals surface area contributed by atoms with Crippen molar-refractivity contribution < 1.29 is 14.5 Å². The van der Waals surface area contributed by atoms with Gasteiger partial charge in [-0.15, -0.1) is 0 Å². The Morgan fingerprint density at radius 3 is 2.52 bits per heavy atom. The third-order valence-electron chi connectivity index (χ3n) is 2.62. The molecule has 1 aromatic heterocycles. The standard InChI is InChI=1S/C14H13N3O4/c1-9-7-12(17(19)20)8-15-14(9)21-13-5-3-11(4-6-13)16-10(2)18/h3-8H,1-2H3,(H,16,18). The fraction of sp³-hybridized carbons (Fsp3) is 0.143. The summed E-state index contributed by atoms with van der Waals surface area (Å²) < 4.78 is 5.56. The molecule has 1 aromatic carbocycles. The first-order valence-electron chi connectivity index (χ1n) is 6.12. The number of pyridine rings is 1. The second-order valence-corrected chi connectivity index (χ2v) is 4.38. The molecule has 2 rings (SSSR count). The van der Waals surface area contributed by atoms with Gasteiger partial charge in [-0.05, 0) is 31.2 Å². The molecule has 108 valence electrons. The topological polar surface area (TPSA) is 94.4 Å². The van der Waals surface area contributed by atoms with Gasteiger partial charge in [-0.2, -0.15) is 0 Å². The summed E-state index contributed by atoms with van der Waals surface area (Å²) in [4.78, 5) is 25.0. The molecule has 0 fully saturated rings. The second-order valence-electron chi connectivity index (χ2n) is 4.38. The van der Waals surface area contributed by atoms with Gasteiger partial charge in [-0.1, -0.05) is 0 Å². The first kappa shape index (κ1) is 14.4. The zero-order valence-corrected chi connectivity index (χ0v) is 11.5. The molecular weight excluding hydrogens is 274 g/mol. The van der Waals surface area contributed by atoms with Gasteiger partial charge in [-0.3, -0.25) is 14.9 Å². The minimum absolute atomic E-state index is 0.0825. The van der Waals surface area contributed by atoms with Crippen LogP contribution in [-0.2, 0) is 4.79 Å². The van der Waals surface area contributed by atoms with Gasteiger partial charge in [0.25, 0.3) is 5.69 Å². The van der Waals surface area contributed by atoms with Crippen LogP contribution in [0.4, 0.5) is 11.4 Å². The Balaban J connectivity index is 2.14. The third-order valence-corrected chi connectivity index (χ3v) is 2.62. The van der Waals surface area contributed by atoms with E-state index in [1.165, 1.54) is 13.0 Å². The van der Waals surface area contributed by atoms with Crippen LogP contribution >= 0.6 is 0 Å². The average Bonchev–Trinajstić information content (AvgIpc) is 2.42. The zero-order valence-electron chi connectivity index (χ0n) is 11.5. The Hall–Kier alpha value is -2.96. The van der Waals surface area contributed by atoms with E-state index in [2.05, 4.69) is 10.3 Å². The smallest absolute Gasteiger partial charge is 0.288 e. The van der Waals surface area contributed by atoms with E-state index in [9.17, 15) is 14.9 Å². The molecule has 7 nitrogen and oxygen atoms in total. The molecule has 1 heterocycles. The van der Waals surface area contributed by atoms with Gasteiger partial charge < -0.3 is 10.1 Å². The monoisotopic (exact) mass is 287 g/mol. The molecule has 0 aliphatic rings. The summed E-state index contributed by atoms with van der Waals surface area (Å²) in [5, 5.41) is 13.3. The largest absolute Gasteiger partial charge is 0.439 e. The number of amides is 1. The van der Waals surface area contributed by atoms with Gasteiger partial charge in [0.15, 0.2) is 0 Å². The van der Waals surface area contributed by atoms with Gasteiger partial charge in [-0.25, -0.2) is 4.98 Å². The van der Waals surface area contributed by atoms with Crippen LogP contribution in [0.2, 0.25) is 0 Å². The first-order chi connectivity index (χ1) is 9.95. The lowest BCUT2D eigenvalue weighted by Crippen LogP contribution is -2.05. The number of carbonyl (C=O) groups excluding carboxylic acids is 1. The molecule has 0 unspecified atom stereocenters. The number of carbonyl (C=O) groups is 1. The van der Waals surface area contributed by atoms with Crippen molar-refractivity contribution in [2.24, 2.45) is 0 Å². The Morgan fingerprint density at radius 2 is 2.00 bits per heavy atom. The van der Waals surface area contributed by atoms with Gasteiger partial charge in [0, 0.05) is 24.2 Å². The SMILES string of the molecule is CC(=O)Nc1ccc(Oc2ncc([N+](=O)[O-])cc2C)cc1. The summed E-state index contributed by atoms with van der Waals surface area (Å²) in [6.45, 7) is 3.11. The Morgan fingerprint density at radius 1 is 1.33 bits per heavy atom. The van der Waals surface area contributed by atoms with Crippen LogP contribution in [0.5, 0.6) is 11.6 Å². The van der Waals surface area contributed by atoms with Crippen LogP contribution in [0.3, 0.4) is 0 Å². The van der Waals surface area contributed by atoms with Gasteiger partial charge in [0.2, 0.25) is 11.8 Å². The van der Waals surface area contributed by atoms with Crippen LogP contribution in [-0.4, -0.2) is 15.8 Å². The molecule has 1 N–H and O–H groups in total. The molecule has 0 bridgehead atoms. The lowest BCUT2D eigenvalue weighted by Gasteiger charge is -2.08. The summed E-state index contributed by atoms with van der Waals surface area (Å²) in [6.07, 6.45) is 1.15. The van der Waals surface area contributed by atoms with E-state index in [0.717, 1.165) is 6.20 Å². The van der Waals surface area contributed by atoms with Gasteiger partial charge in [0.05, 0.1) is 4.92 Å². The van der Waals surface area contributed by atoms with Crippen molar-refractivity contribution in [2.45, 2.75) is 13.8 Å². The van der Waals surface area contributed by atoms with Crippen molar-refractivity contribution in [3.05, 3.63) is 52.2 Å². The predicted octanol–water partition coefficient (Wildman–Crippen LogP) is 3.05. The fourth-order valence-electron chi connectivity index (χ4n) is 1.68. The lowest BCUT2D eigenvalue weighted by atomic mass is 10.2. The lowest BCUT2D eigenvalue weighted by molar-refractivity contribution is -0.385. The van der Waals surface area contributed by atoms with E-state index in [0.29, 0.717) is 22.9 Å². The highest BCUT2D eigenvalue weighted by molar-refractivity contribution is 5.88. The number of rotatable bonds is 4. The molecule has 1 amide bonds. The van der Waals surface area contributed by atoms with E-state index in [-0.39, 0.29) is 11.6 Å². The maximum Gasteiger partial charge on any atom is 0.288 e. The van der Waals surface area contributed by atoms with E-state index >= 15 is 0 Å². The van der Waals surface area contributed by atoms with Gasteiger partial charge >= 0.3 is 0 Å². The van der Waals surface area contributed by atoms with E-state index in [1.807, 2.05) is 0 Å². The number of ether oxygens (including phenoxy) is 1. The highest BCUT2D eigenvalue weighted by Crippen LogP contribution is 2.26. The molecule has 0 aliphatic carbocycles. The normalized spacial score (nSPS) is 10.0. The van der Waals surface area contributed by atoms with Crippen LogP contribution < -0.4 is 10.1 Å². The summed E-state index contributed by atoms with van der Waals surface area (Å²) >= 11 is 0. The summed E-state index contributed by atoms with van der Waals surface area (Å²) in [7, 11) is 0. The fourth-order valence-corrected chi connectivity index (χ4v) is 1.68. The van der Waals surface area contributed by atoms with Crippen molar-refractivity contribution in [1.29, 1.82) is 0 Å². The maximum atomic E-state index is 10.9. The van der Waals surface area contributed by atoms with E-state index in [1.54, 1.807) is 31.2 Å². The van der Waals surface area contributed by atoms with Crippen LogP contribution in [0.15, 0.2) is 36.5 Å². The number of nitrogens with zero attached hydrogens (tertiary/aromatic N) is 2. The molecule has 2 aromatic rings. The number of aryl methyl sites for hydroxylation is 1. The minimum Gasteiger partial charge on any atom is -0.439 e. The molecule has 0 aliphatic heterocycles. The number of benzene rings is 1. The van der Waals surface area contributed by atoms with Crippen molar-refractivity contribution >= 4 is 17.3 Å². The van der Waals surface area contributed by atoms with Crippen LogP contribution in [0.25, 0.3) is 0 Å². The quantitative estimate of drug-likeness (QED) is 0.688. The van der Waals surface area contributed by atoms with Crippen molar-refractivity contribution in [3.63, 3.8) is 0 Å². The highest BCUT2D eigenvalue weighted by Gasteiger charge is 2.11. The van der Waals surface area contributed by atoms with Crippen LogP contribution in [0.1, 0.15) is 12.5 Å². The molecule has 0 saturated heterocycles. The Bertz CT molecular complexity index is 683. The highest BCUT2D eigenvalue weighted by atomic mass is 16.6. The van der Waals surface area contributed by atoms with E-state index < -0.39 is 4.92 Å².